The number of para-hydroxylation sites is 5. The van der Waals surface area contributed by atoms with Crippen LogP contribution in [-0.4, -0.2) is 59.0 Å². The first-order chi connectivity index (χ1) is 43.2. The van der Waals surface area contributed by atoms with Crippen LogP contribution in [0.4, 0.5) is 0 Å². The first kappa shape index (κ1) is 49.4. The molecule has 7 heterocycles. The molecule has 7 aromatic heterocycles. The Kier molecular flexibility index (Phi) is 11.5. The molecule has 0 N–H and O–H groups in total. The van der Waals surface area contributed by atoms with Crippen molar-refractivity contribution in [3.8, 4) is 102 Å². The summed E-state index contributed by atoms with van der Waals surface area (Å²) in [4.78, 5) is 51.8. The molecule has 17 aromatic rings. The highest BCUT2D eigenvalue weighted by Crippen LogP contribution is 2.52. The minimum atomic E-state index is 0.361. The third-order valence-electron chi connectivity index (χ3n) is 16.0. The molecule has 0 spiro atoms. The number of rotatable bonds is 10. The Morgan fingerprint density at radius 1 is 0.241 bits per heavy atom. The van der Waals surface area contributed by atoms with E-state index in [0.29, 0.717) is 80.0 Å². The summed E-state index contributed by atoms with van der Waals surface area (Å²) in [6, 6.07) is 82.1. The molecule has 17 rings (SSSR count). The van der Waals surface area contributed by atoms with Crippen molar-refractivity contribution in [2.24, 2.45) is 0 Å². The summed E-state index contributed by atoms with van der Waals surface area (Å²) in [7, 11) is 0. The third kappa shape index (κ3) is 8.24. The first-order valence-corrected chi connectivity index (χ1v) is 28.5. The van der Waals surface area contributed by atoms with Gasteiger partial charge < -0.3 is 13.6 Å². The quantitative estimate of drug-likeness (QED) is 0.129. The number of fused-ring (bicyclic) bond motifs is 9. The third-order valence-corrected chi connectivity index (χ3v) is 16.0. The number of benzene rings is 10. The van der Waals surface area contributed by atoms with Gasteiger partial charge >= 0.3 is 0 Å². The van der Waals surface area contributed by atoms with E-state index < -0.39 is 0 Å². The van der Waals surface area contributed by atoms with Gasteiger partial charge in [0.05, 0.1) is 61.1 Å². The van der Waals surface area contributed by atoms with Crippen molar-refractivity contribution in [3.63, 3.8) is 0 Å². The van der Waals surface area contributed by atoms with E-state index in [1.807, 2.05) is 133 Å². The normalized spacial score (nSPS) is 11.7. The van der Waals surface area contributed by atoms with Crippen molar-refractivity contribution in [3.05, 3.63) is 267 Å². The van der Waals surface area contributed by atoms with Gasteiger partial charge in [-0.3, -0.25) is 0 Å². The SMILES string of the molecule is c1ccc(-c2nc(-c3ccccc3)nc(-c3cnc(-c4c(-n5c6ccccc6c6ccccc65)c(-n5c6ccccc6c6ccccc65)c5c(oc6ccccc65)c4-c4ncc(-c5nc(-c6ccccc6)nc(-c6ccccc6)n5)cn4)nc3)n2)cc1. The van der Waals surface area contributed by atoms with E-state index in [-0.39, 0.29) is 0 Å². The van der Waals surface area contributed by atoms with E-state index in [9.17, 15) is 0 Å². The molecule has 13 heteroatoms. The van der Waals surface area contributed by atoms with Gasteiger partial charge in [0, 0.05) is 74.0 Å². The molecule has 10 aromatic carbocycles. The molecule has 0 amide bonds. The summed E-state index contributed by atoms with van der Waals surface area (Å²) in [5.74, 6) is 3.67. The van der Waals surface area contributed by atoms with Gasteiger partial charge in [0.1, 0.15) is 11.2 Å². The molecular weight excluding hydrogens is 1070 g/mol. The molecule has 0 saturated carbocycles. The Balaban J connectivity index is 0.992. The second kappa shape index (κ2) is 20.3. The molecule has 0 radical (unpaired) electrons. The highest BCUT2D eigenvalue weighted by atomic mass is 16.3. The minimum Gasteiger partial charge on any atom is -0.455 e. The molecule has 0 saturated heterocycles. The number of aromatic nitrogens is 12. The van der Waals surface area contributed by atoms with E-state index >= 15 is 0 Å². The Bertz CT molecular complexity index is 5280. The van der Waals surface area contributed by atoms with E-state index in [1.54, 1.807) is 24.8 Å². The summed E-state index contributed by atoms with van der Waals surface area (Å²) in [5, 5.41) is 6.09. The summed E-state index contributed by atoms with van der Waals surface area (Å²) < 4.78 is 12.1. The Hall–Kier alpha value is -12.2. The van der Waals surface area contributed by atoms with Crippen LogP contribution < -0.4 is 0 Å². The molecule has 0 aliphatic heterocycles. The van der Waals surface area contributed by atoms with Crippen molar-refractivity contribution in [1.29, 1.82) is 0 Å². The topological polar surface area (TPSA) is 152 Å². The maximum absolute atomic E-state index is 7.34. The van der Waals surface area contributed by atoms with Crippen LogP contribution in [0.2, 0.25) is 0 Å². The number of furan rings is 1. The van der Waals surface area contributed by atoms with Crippen molar-refractivity contribution >= 4 is 65.6 Å². The highest BCUT2D eigenvalue weighted by Gasteiger charge is 2.34. The van der Waals surface area contributed by atoms with E-state index in [2.05, 4.69) is 118 Å². The molecule has 0 fully saturated rings. The van der Waals surface area contributed by atoms with Gasteiger partial charge in [-0.05, 0) is 30.3 Å². The zero-order valence-electron chi connectivity index (χ0n) is 46.2. The van der Waals surface area contributed by atoms with Gasteiger partial charge in [-0.1, -0.05) is 212 Å². The lowest BCUT2D eigenvalue weighted by Crippen LogP contribution is -2.10. The average molecular weight is 1120 g/mol. The smallest absolute Gasteiger partial charge is 0.167 e. The lowest BCUT2D eigenvalue weighted by atomic mass is 9.95. The number of hydrogen-bond donors (Lipinski definition) is 0. The molecule has 13 nitrogen and oxygen atoms in total. The molecular formula is C74H44N12O. The number of hydrogen-bond acceptors (Lipinski definition) is 11. The van der Waals surface area contributed by atoms with Crippen LogP contribution >= 0.6 is 0 Å². The standard InChI is InChI=1S/C74H44N12O/c1-5-23-45(24-6-1)67-79-68(46-25-7-2-8-26-46)82-71(81-67)49-41-75-73(76-42-49)62-63(74-77-43-50(44-78-74)72-83-69(47-27-9-3-10-28-47)80-70(84-72)48-29-11-4-12-30-48)66-61(55-35-17-22-40-60(55)87-66)64(85-56-36-18-13-31-51(56)52-32-14-19-37-57(52)85)65(62)86-58-38-20-15-33-53(58)54-34-16-21-39-59(54)86/h1-44H. The van der Waals surface area contributed by atoms with Gasteiger partial charge in [-0.2, -0.15) is 0 Å². The monoisotopic (exact) mass is 1120 g/mol. The first-order valence-electron chi connectivity index (χ1n) is 28.5. The minimum absolute atomic E-state index is 0.361. The Labute approximate surface area is 496 Å². The molecule has 406 valence electrons. The lowest BCUT2D eigenvalue weighted by molar-refractivity contribution is 0.669. The second-order valence-electron chi connectivity index (χ2n) is 21.2. The summed E-state index contributed by atoms with van der Waals surface area (Å²) in [5.41, 5.74) is 12.6. The maximum atomic E-state index is 7.34. The highest BCUT2D eigenvalue weighted by molar-refractivity contribution is 6.22. The predicted molar refractivity (Wildman–Crippen MR) is 344 cm³/mol. The lowest BCUT2D eigenvalue weighted by Gasteiger charge is -2.23. The molecule has 87 heavy (non-hydrogen) atoms. The maximum Gasteiger partial charge on any atom is 0.167 e. The zero-order valence-corrected chi connectivity index (χ0v) is 46.2. The van der Waals surface area contributed by atoms with E-state index in [4.69, 9.17) is 54.3 Å². The molecule has 0 bridgehead atoms. The number of nitrogens with zero attached hydrogens (tertiary/aromatic N) is 12. The fourth-order valence-corrected chi connectivity index (χ4v) is 12.1. The summed E-state index contributed by atoms with van der Waals surface area (Å²) in [6.45, 7) is 0. The van der Waals surface area contributed by atoms with Gasteiger partial charge in [0.15, 0.2) is 46.6 Å². The van der Waals surface area contributed by atoms with E-state index in [0.717, 1.165) is 88.0 Å². The zero-order chi connectivity index (χ0) is 57.4. The Morgan fingerprint density at radius 2 is 0.529 bits per heavy atom. The van der Waals surface area contributed by atoms with Gasteiger partial charge in [-0.25, -0.2) is 49.8 Å². The van der Waals surface area contributed by atoms with Crippen LogP contribution in [0.25, 0.3) is 168 Å². The molecule has 0 atom stereocenters. The predicted octanol–water partition coefficient (Wildman–Crippen LogP) is 17.1. The van der Waals surface area contributed by atoms with Crippen LogP contribution in [0.3, 0.4) is 0 Å². The largest absolute Gasteiger partial charge is 0.455 e. The van der Waals surface area contributed by atoms with Crippen LogP contribution in [0.15, 0.2) is 272 Å². The van der Waals surface area contributed by atoms with Crippen molar-refractivity contribution in [2.45, 2.75) is 0 Å². The van der Waals surface area contributed by atoms with Crippen molar-refractivity contribution in [2.75, 3.05) is 0 Å². The van der Waals surface area contributed by atoms with E-state index in [1.165, 1.54) is 0 Å². The van der Waals surface area contributed by atoms with Gasteiger partial charge in [0.2, 0.25) is 0 Å². The fraction of sp³-hybridized carbons (Fsp3) is 0. The van der Waals surface area contributed by atoms with Crippen LogP contribution in [0, 0.1) is 0 Å². The average Bonchev–Trinajstić information content (AvgIpc) is 1.61. The van der Waals surface area contributed by atoms with Crippen molar-refractivity contribution < 1.29 is 4.42 Å². The van der Waals surface area contributed by atoms with Gasteiger partial charge in [0.25, 0.3) is 0 Å². The van der Waals surface area contributed by atoms with Crippen LogP contribution in [-0.2, 0) is 0 Å². The second-order valence-corrected chi connectivity index (χ2v) is 21.2. The molecule has 0 unspecified atom stereocenters. The fourth-order valence-electron chi connectivity index (χ4n) is 12.1. The van der Waals surface area contributed by atoms with Crippen molar-refractivity contribution in [1.82, 2.24) is 59.0 Å². The summed E-state index contributed by atoms with van der Waals surface area (Å²) in [6.07, 6.45) is 7.14. The van der Waals surface area contributed by atoms with Gasteiger partial charge in [-0.15, -0.1) is 0 Å². The van der Waals surface area contributed by atoms with Crippen LogP contribution in [0.1, 0.15) is 0 Å². The summed E-state index contributed by atoms with van der Waals surface area (Å²) >= 11 is 0. The molecule has 0 aliphatic carbocycles. The Morgan fingerprint density at radius 3 is 0.897 bits per heavy atom. The van der Waals surface area contributed by atoms with Crippen LogP contribution in [0.5, 0.6) is 0 Å². The molecule has 0 aliphatic rings.